The van der Waals surface area contributed by atoms with Gasteiger partial charge in [-0.3, -0.25) is 0 Å². The van der Waals surface area contributed by atoms with Gasteiger partial charge in [-0.2, -0.15) is 13.2 Å². The van der Waals surface area contributed by atoms with E-state index in [1.165, 1.54) is 19.9 Å². The van der Waals surface area contributed by atoms with Crippen LogP contribution in [0.2, 0.25) is 0 Å². The SMILES string of the molecule is CC(C)(C[C@](O)(CN)C(F)(F)F)c1cc(F)cc2c1OCC2. The van der Waals surface area contributed by atoms with E-state index in [4.69, 9.17) is 10.5 Å². The molecule has 0 spiro atoms. The summed E-state index contributed by atoms with van der Waals surface area (Å²) in [6, 6.07) is 2.48. The number of rotatable bonds is 4. The van der Waals surface area contributed by atoms with E-state index in [1.807, 2.05) is 0 Å². The van der Waals surface area contributed by atoms with Crippen molar-refractivity contribution in [2.75, 3.05) is 13.2 Å². The lowest BCUT2D eigenvalue weighted by molar-refractivity contribution is -0.262. The lowest BCUT2D eigenvalue weighted by Crippen LogP contribution is -2.54. The van der Waals surface area contributed by atoms with E-state index >= 15 is 0 Å². The Bertz CT molecular complexity index is 571. The highest BCUT2D eigenvalue weighted by Gasteiger charge is 2.55. The number of benzene rings is 1. The summed E-state index contributed by atoms with van der Waals surface area (Å²) in [6.07, 6.45) is -5.04. The van der Waals surface area contributed by atoms with Crippen LogP contribution in [0.15, 0.2) is 12.1 Å². The van der Waals surface area contributed by atoms with Crippen LogP contribution < -0.4 is 10.5 Å². The first-order chi connectivity index (χ1) is 10.00. The average molecular weight is 321 g/mol. The molecule has 22 heavy (non-hydrogen) atoms. The maximum absolute atomic E-state index is 13.7. The lowest BCUT2D eigenvalue weighted by atomic mass is 9.74. The Kier molecular flexibility index (Phi) is 4.16. The lowest BCUT2D eigenvalue weighted by Gasteiger charge is -2.37. The van der Waals surface area contributed by atoms with Gasteiger partial charge in [0.05, 0.1) is 6.61 Å². The topological polar surface area (TPSA) is 55.5 Å². The van der Waals surface area contributed by atoms with Crippen molar-refractivity contribution in [1.29, 1.82) is 0 Å². The van der Waals surface area contributed by atoms with E-state index in [0.717, 1.165) is 6.07 Å². The molecule has 1 heterocycles. The molecule has 3 N–H and O–H groups in total. The van der Waals surface area contributed by atoms with Gasteiger partial charge in [0.25, 0.3) is 0 Å². The van der Waals surface area contributed by atoms with E-state index in [2.05, 4.69) is 0 Å². The third-order valence-electron chi connectivity index (χ3n) is 4.08. The summed E-state index contributed by atoms with van der Waals surface area (Å²) < 4.78 is 58.4. The minimum atomic E-state index is -4.86. The number of ether oxygens (including phenoxy) is 1. The molecule has 3 nitrogen and oxygen atoms in total. The Hall–Kier alpha value is -1.34. The second-order valence-corrected chi connectivity index (χ2v) is 6.33. The first-order valence-corrected chi connectivity index (χ1v) is 6.95. The molecular formula is C15H19F4NO2. The first kappa shape index (κ1) is 17.0. The fourth-order valence-electron chi connectivity index (χ4n) is 2.89. The zero-order chi connectivity index (χ0) is 16.8. The third-order valence-corrected chi connectivity index (χ3v) is 4.08. The van der Waals surface area contributed by atoms with E-state index in [1.54, 1.807) is 0 Å². The summed E-state index contributed by atoms with van der Waals surface area (Å²) in [7, 11) is 0. The predicted octanol–water partition coefficient (Wildman–Crippen LogP) is 2.68. The molecule has 0 radical (unpaired) electrons. The highest BCUT2D eigenvalue weighted by Crippen LogP contribution is 2.45. The maximum atomic E-state index is 13.7. The Morgan fingerprint density at radius 3 is 2.45 bits per heavy atom. The van der Waals surface area contributed by atoms with Crippen molar-refractivity contribution in [3.8, 4) is 5.75 Å². The molecule has 0 aromatic heterocycles. The molecule has 0 fully saturated rings. The van der Waals surface area contributed by atoms with Gasteiger partial charge in [0.15, 0.2) is 5.60 Å². The van der Waals surface area contributed by atoms with Crippen molar-refractivity contribution in [2.45, 2.75) is 43.9 Å². The number of aliphatic hydroxyl groups is 1. The summed E-state index contributed by atoms with van der Waals surface area (Å²) >= 11 is 0. The second-order valence-electron chi connectivity index (χ2n) is 6.33. The predicted molar refractivity (Wildman–Crippen MR) is 73.3 cm³/mol. The molecule has 1 aromatic carbocycles. The zero-order valence-electron chi connectivity index (χ0n) is 12.4. The zero-order valence-corrected chi connectivity index (χ0v) is 12.4. The van der Waals surface area contributed by atoms with Crippen LogP contribution in [-0.4, -0.2) is 30.0 Å². The molecule has 7 heteroatoms. The quantitative estimate of drug-likeness (QED) is 0.838. The number of nitrogens with two attached hydrogens (primary N) is 1. The van der Waals surface area contributed by atoms with Crippen molar-refractivity contribution < 1.29 is 27.4 Å². The maximum Gasteiger partial charge on any atom is 0.418 e. The monoisotopic (exact) mass is 321 g/mol. The molecule has 124 valence electrons. The molecule has 0 aliphatic carbocycles. The molecule has 2 rings (SSSR count). The number of halogens is 4. The molecule has 0 saturated heterocycles. The van der Waals surface area contributed by atoms with Gasteiger partial charge >= 0.3 is 6.18 Å². The Morgan fingerprint density at radius 2 is 1.91 bits per heavy atom. The van der Waals surface area contributed by atoms with Crippen molar-refractivity contribution in [1.82, 2.24) is 0 Å². The van der Waals surface area contributed by atoms with Crippen molar-refractivity contribution in [3.05, 3.63) is 29.1 Å². The van der Waals surface area contributed by atoms with Crippen molar-refractivity contribution >= 4 is 0 Å². The van der Waals surface area contributed by atoms with Crippen molar-refractivity contribution in [2.24, 2.45) is 5.73 Å². The Morgan fingerprint density at radius 1 is 1.27 bits per heavy atom. The fraction of sp³-hybridized carbons (Fsp3) is 0.600. The number of hydrogen-bond donors (Lipinski definition) is 2. The van der Waals surface area contributed by atoms with Gasteiger partial charge in [0, 0.05) is 24.1 Å². The summed E-state index contributed by atoms with van der Waals surface area (Å²) in [6.45, 7) is 2.42. The molecule has 0 unspecified atom stereocenters. The van der Waals surface area contributed by atoms with Crippen molar-refractivity contribution in [3.63, 3.8) is 0 Å². The summed E-state index contributed by atoms with van der Waals surface area (Å²) in [5.74, 6) is -0.122. The van der Waals surface area contributed by atoms with Crippen LogP contribution in [-0.2, 0) is 11.8 Å². The number of alkyl halides is 3. The van der Waals surface area contributed by atoms with Crippen LogP contribution in [0.4, 0.5) is 17.6 Å². The van der Waals surface area contributed by atoms with Crippen LogP contribution in [0.1, 0.15) is 31.4 Å². The minimum Gasteiger partial charge on any atom is -0.493 e. The number of fused-ring (bicyclic) bond motifs is 1. The normalized spacial score (nSPS) is 17.8. The van der Waals surface area contributed by atoms with Gasteiger partial charge in [0.2, 0.25) is 0 Å². The van der Waals surface area contributed by atoms with E-state index in [-0.39, 0.29) is 0 Å². The van der Waals surface area contributed by atoms with Crippen LogP contribution in [0.25, 0.3) is 0 Å². The van der Waals surface area contributed by atoms with Crippen LogP contribution in [0, 0.1) is 5.82 Å². The van der Waals surface area contributed by atoms with Crippen LogP contribution >= 0.6 is 0 Å². The molecule has 0 saturated carbocycles. The van der Waals surface area contributed by atoms with Crippen LogP contribution in [0.3, 0.4) is 0 Å². The number of hydrogen-bond acceptors (Lipinski definition) is 3. The Balaban J connectivity index is 2.43. The summed E-state index contributed by atoms with van der Waals surface area (Å²) in [4.78, 5) is 0. The van der Waals surface area contributed by atoms with Crippen LogP contribution in [0.5, 0.6) is 5.75 Å². The van der Waals surface area contributed by atoms with Gasteiger partial charge in [-0.15, -0.1) is 0 Å². The van der Waals surface area contributed by atoms with Gasteiger partial charge in [-0.25, -0.2) is 4.39 Å². The molecule has 0 amide bonds. The molecule has 1 aromatic rings. The molecule has 1 atom stereocenters. The van der Waals surface area contributed by atoms with Gasteiger partial charge in [0.1, 0.15) is 11.6 Å². The minimum absolute atomic E-state index is 0.316. The summed E-state index contributed by atoms with van der Waals surface area (Å²) in [5.41, 5.74) is 1.89. The summed E-state index contributed by atoms with van der Waals surface area (Å²) in [5, 5.41) is 9.89. The fourth-order valence-corrected chi connectivity index (χ4v) is 2.89. The highest BCUT2D eigenvalue weighted by molar-refractivity contribution is 5.48. The molecule has 1 aliphatic rings. The van der Waals surface area contributed by atoms with E-state index in [9.17, 15) is 22.7 Å². The Labute approximate surface area is 126 Å². The highest BCUT2D eigenvalue weighted by atomic mass is 19.4. The van der Waals surface area contributed by atoms with E-state index < -0.39 is 36.0 Å². The van der Waals surface area contributed by atoms with Gasteiger partial charge in [-0.05, 0) is 24.0 Å². The second kappa shape index (κ2) is 5.38. The largest absolute Gasteiger partial charge is 0.493 e. The van der Waals surface area contributed by atoms with Gasteiger partial charge < -0.3 is 15.6 Å². The molecular weight excluding hydrogens is 302 g/mol. The molecule has 0 bridgehead atoms. The van der Waals surface area contributed by atoms with E-state index in [0.29, 0.717) is 29.9 Å². The smallest absolute Gasteiger partial charge is 0.418 e. The third kappa shape index (κ3) is 2.92. The molecule has 1 aliphatic heterocycles. The first-order valence-electron chi connectivity index (χ1n) is 6.95. The standard InChI is InChI=1S/C15H19F4NO2/c1-13(2,7-14(21,8-20)15(17,18)19)11-6-10(16)5-9-3-4-22-12(9)11/h5-6,21H,3-4,7-8,20H2,1-2H3/t14-/m0/s1. The average Bonchev–Trinajstić information content (AvgIpc) is 2.83. The van der Waals surface area contributed by atoms with Gasteiger partial charge in [-0.1, -0.05) is 13.8 Å².